The lowest BCUT2D eigenvalue weighted by atomic mass is 9.93. The van der Waals surface area contributed by atoms with Gasteiger partial charge in [0.2, 0.25) is 18.0 Å². The second-order valence-electron chi connectivity index (χ2n) is 11.3. The van der Waals surface area contributed by atoms with Crippen molar-refractivity contribution in [3.63, 3.8) is 0 Å². The van der Waals surface area contributed by atoms with Gasteiger partial charge >= 0.3 is 5.97 Å². The monoisotopic (exact) mass is 545 g/mol. The summed E-state index contributed by atoms with van der Waals surface area (Å²) in [6, 6.07) is 15.0. The van der Waals surface area contributed by atoms with Crippen LogP contribution in [0.1, 0.15) is 73.3 Å². The average Bonchev–Trinajstić information content (AvgIpc) is 3.63. The lowest BCUT2D eigenvalue weighted by Crippen LogP contribution is -2.71. The molecule has 1 aromatic heterocycles. The smallest absolute Gasteiger partial charge is 0.340 e. The molecular weight excluding hydrogens is 518 g/mol. The summed E-state index contributed by atoms with van der Waals surface area (Å²) in [6.07, 6.45) is -0.819. The van der Waals surface area contributed by atoms with Crippen LogP contribution in [0.2, 0.25) is 0 Å². The van der Waals surface area contributed by atoms with Gasteiger partial charge in [0.25, 0.3) is 0 Å². The van der Waals surface area contributed by atoms with Gasteiger partial charge in [-0.15, -0.1) is 16.9 Å². The number of ether oxygens (including phenoxy) is 1. The second kappa shape index (κ2) is 8.12. The SMILES string of the molecule is CC1(C)S[C@H]2C(N3C(=O)C(c4ccccc4)NC3(C)C)C(=O)N2C1c1nnnn1C1OC(=O)c2ccccc21. The number of hydrogen-bond acceptors (Lipinski definition) is 9. The third kappa shape index (κ3) is 3.34. The molecule has 0 aliphatic carbocycles. The second-order valence-corrected chi connectivity index (χ2v) is 13.1. The molecule has 12 heteroatoms. The molecular formula is C27H27N7O4S. The summed E-state index contributed by atoms with van der Waals surface area (Å²) in [6.45, 7) is 7.94. The molecule has 0 spiro atoms. The van der Waals surface area contributed by atoms with Gasteiger partial charge in [-0.1, -0.05) is 48.5 Å². The molecule has 3 fully saturated rings. The fourth-order valence-corrected chi connectivity index (χ4v) is 8.04. The van der Waals surface area contributed by atoms with Gasteiger partial charge < -0.3 is 14.5 Å². The number of benzene rings is 2. The summed E-state index contributed by atoms with van der Waals surface area (Å²) in [5, 5.41) is 15.6. The number of β-lactam (4-membered cyclic amide) rings is 1. The van der Waals surface area contributed by atoms with E-state index in [9.17, 15) is 14.4 Å². The van der Waals surface area contributed by atoms with E-state index < -0.39 is 40.7 Å². The third-order valence-electron chi connectivity index (χ3n) is 8.06. The number of hydrogen-bond donors (Lipinski definition) is 1. The third-order valence-corrected chi connectivity index (χ3v) is 9.62. The van der Waals surface area contributed by atoms with Gasteiger partial charge in [-0.25, -0.2) is 4.79 Å². The first-order chi connectivity index (χ1) is 18.6. The molecule has 200 valence electrons. The molecule has 3 saturated heterocycles. The molecule has 7 rings (SSSR count). The fraction of sp³-hybridized carbons (Fsp3) is 0.407. The number of aromatic nitrogens is 4. The van der Waals surface area contributed by atoms with Crippen LogP contribution >= 0.6 is 11.8 Å². The Labute approximate surface area is 228 Å². The van der Waals surface area contributed by atoms with Gasteiger partial charge in [-0.3, -0.25) is 14.9 Å². The Morgan fingerprint density at radius 2 is 1.67 bits per heavy atom. The number of thioether (sulfide) groups is 1. The molecule has 1 N–H and O–H groups in total. The summed E-state index contributed by atoms with van der Waals surface area (Å²) in [5.41, 5.74) is 1.28. The van der Waals surface area contributed by atoms with Crippen LogP contribution in [0.4, 0.5) is 0 Å². The lowest BCUT2D eigenvalue weighted by molar-refractivity contribution is -0.165. The van der Waals surface area contributed by atoms with Crippen molar-refractivity contribution in [3.05, 3.63) is 77.1 Å². The van der Waals surface area contributed by atoms with Crippen LogP contribution in [0.15, 0.2) is 54.6 Å². The topological polar surface area (TPSA) is 123 Å². The van der Waals surface area contributed by atoms with Crippen molar-refractivity contribution in [2.75, 3.05) is 0 Å². The van der Waals surface area contributed by atoms with Crippen LogP contribution in [0.5, 0.6) is 0 Å². The zero-order valence-electron chi connectivity index (χ0n) is 21.8. The van der Waals surface area contributed by atoms with Gasteiger partial charge in [-0.2, -0.15) is 4.68 Å². The maximum absolute atomic E-state index is 13.9. The van der Waals surface area contributed by atoms with E-state index in [0.29, 0.717) is 17.0 Å². The van der Waals surface area contributed by atoms with E-state index in [1.54, 1.807) is 33.7 Å². The predicted molar refractivity (Wildman–Crippen MR) is 140 cm³/mol. The first-order valence-corrected chi connectivity index (χ1v) is 13.7. The summed E-state index contributed by atoms with van der Waals surface area (Å²) >= 11 is 1.63. The highest BCUT2D eigenvalue weighted by Crippen LogP contribution is 2.59. The number of rotatable bonds is 4. The maximum Gasteiger partial charge on any atom is 0.340 e. The summed E-state index contributed by atoms with van der Waals surface area (Å²) in [7, 11) is 0. The van der Waals surface area contributed by atoms with Crippen molar-refractivity contribution >= 4 is 29.5 Å². The predicted octanol–water partition coefficient (Wildman–Crippen LogP) is 2.40. The van der Waals surface area contributed by atoms with Gasteiger partial charge in [0.05, 0.1) is 11.2 Å². The highest BCUT2D eigenvalue weighted by molar-refractivity contribution is 8.01. The zero-order valence-corrected chi connectivity index (χ0v) is 22.6. The van der Waals surface area contributed by atoms with E-state index in [0.717, 1.165) is 5.56 Å². The van der Waals surface area contributed by atoms with E-state index in [-0.39, 0.29) is 17.2 Å². The Morgan fingerprint density at radius 1 is 0.949 bits per heavy atom. The highest BCUT2D eigenvalue weighted by atomic mass is 32.2. The van der Waals surface area contributed by atoms with Crippen LogP contribution in [-0.2, 0) is 14.3 Å². The van der Waals surface area contributed by atoms with Crippen molar-refractivity contribution in [1.29, 1.82) is 0 Å². The Balaban J connectivity index is 1.21. The first kappa shape index (κ1) is 24.3. The number of tetrazole rings is 1. The van der Waals surface area contributed by atoms with Crippen molar-refractivity contribution in [3.8, 4) is 0 Å². The molecule has 4 unspecified atom stereocenters. The highest BCUT2D eigenvalue weighted by Gasteiger charge is 2.68. The van der Waals surface area contributed by atoms with E-state index >= 15 is 0 Å². The summed E-state index contributed by atoms with van der Waals surface area (Å²) < 4.78 is 6.67. The fourth-order valence-electron chi connectivity index (χ4n) is 6.36. The lowest BCUT2D eigenvalue weighted by Gasteiger charge is -2.50. The molecule has 4 aliphatic heterocycles. The Kier molecular flexibility index (Phi) is 5.06. The summed E-state index contributed by atoms with van der Waals surface area (Å²) in [4.78, 5) is 43.6. The number of esters is 1. The largest absolute Gasteiger partial charge is 0.431 e. The number of nitrogens with zero attached hydrogens (tertiary/aromatic N) is 6. The minimum Gasteiger partial charge on any atom is -0.431 e. The molecule has 0 radical (unpaired) electrons. The number of fused-ring (bicyclic) bond motifs is 2. The Bertz CT molecular complexity index is 1520. The minimum atomic E-state index is -0.819. The van der Waals surface area contributed by atoms with Gasteiger partial charge in [0, 0.05) is 10.3 Å². The van der Waals surface area contributed by atoms with E-state index in [2.05, 4.69) is 20.8 Å². The molecule has 0 bridgehead atoms. The standard InChI is InChI=1S/C27H27N7O4S/c1-26(2)19(20-29-30-31-34(20)23-15-12-8-9-13-16(15)25(37)38-23)32-22(36)18(24(32)39-26)33-21(35)17(28-27(33,3)4)14-10-6-5-7-11-14/h5-13,17-19,23-24,28H,1-4H3/t17?,18?,19?,23?,24-/m0/s1. The molecule has 0 saturated carbocycles. The Hall–Kier alpha value is -3.77. The van der Waals surface area contributed by atoms with Crippen LogP contribution < -0.4 is 5.32 Å². The van der Waals surface area contributed by atoms with Crippen LogP contribution in [-0.4, -0.2) is 69.6 Å². The molecule has 2 amide bonds. The average molecular weight is 546 g/mol. The van der Waals surface area contributed by atoms with Gasteiger partial charge in [0.15, 0.2) is 5.82 Å². The maximum atomic E-state index is 13.9. The number of cyclic esters (lactones) is 1. The van der Waals surface area contributed by atoms with Crippen molar-refractivity contribution < 1.29 is 19.1 Å². The molecule has 5 heterocycles. The van der Waals surface area contributed by atoms with Crippen LogP contribution in [0, 0.1) is 0 Å². The van der Waals surface area contributed by atoms with Crippen LogP contribution in [0.3, 0.4) is 0 Å². The first-order valence-electron chi connectivity index (χ1n) is 12.8. The number of carbonyl (C=O) groups excluding carboxylic acids is 3. The molecule has 5 atom stereocenters. The Morgan fingerprint density at radius 3 is 2.44 bits per heavy atom. The number of nitrogens with one attached hydrogen (secondary N) is 1. The van der Waals surface area contributed by atoms with Crippen molar-refractivity contribution in [1.82, 2.24) is 35.3 Å². The molecule has 39 heavy (non-hydrogen) atoms. The van der Waals surface area contributed by atoms with E-state index in [4.69, 9.17) is 4.74 Å². The van der Waals surface area contributed by atoms with E-state index in [1.807, 2.05) is 70.2 Å². The van der Waals surface area contributed by atoms with Crippen molar-refractivity contribution in [2.24, 2.45) is 0 Å². The normalized spacial score (nSPS) is 30.3. The summed E-state index contributed by atoms with van der Waals surface area (Å²) in [5.74, 6) is -0.280. The minimum absolute atomic E-state index is 0.120. The molecule has 3 aromatic rings. The van der Waals surface area contributed by atoms with Crippen LogP contribution in [0.25, 0.3) is 0 Å². The molecule has 2 aromatic carbocycles. The quantitative estimate of drug-likeness (QED) is 0.389. The van der Waals surface area contributed by atoms with Crippen molar-refractivity contribution in [2.45, 2.75) is 67.8 Å². The van der Waals surface area contributed by atoms with E-state index in [1.165, 1.54) is 4.68 Å². The van der Waals surface area contributed by atoms with Gasteiger partial charge in [0.1, 0.15) is 23.5 Å². The number of carbonyl (C=O) groups is 3. The van der Waals surface area contributed by atoms with Gasteiger partial charge in [-0.05, 0) is 49.8 Å². The molecule has 11 nitrogen and oxygen atoms in total. The molecule has 4 aliphatic rings. The zero-order chi connectivity index (χ0) is 27.3. The number of amides is 2.